The molecule has 0 atom stereocenters. The number of hydrogen-bond acceptors (Lipinski definition) is 7. The number of halogens is 1. The average molecular weight is 466 g/mol. The zero-order chi connectivity index (χ0) is 23.2. The van der Waals surface area contributed by atoms with E-state index in [4.69, 9.17) is 14.2 Å². The Morgan fingerprint density at radius 3 is 2.52 bits per heavy atom. The highest BCUT2D eigenvalue weighted by atomic mass is 32.1. The molecule has 2 aromatic heterocycles. The van der Waals surface area contributed by atoms with Gasteiger partial charge in [-0.05, 0) is 48.5 Å². The Labute approximate surface area is 193 Å². The Hall–Kier alpha value is -3.98. The lowest BCUT2D eigenvalue weighted by Gasteiger charge is -2.08. The number of nitrogens with one attached hydrogen (secondary N) is 1. The smallest absolute Gasteiger partial charge is 0.230 e. The van der Waals surface area contributed by atoms with E-state index in [1.165, 1.54) is 41.8 Å². The maximum Gasteiger partial charge on any atom is 0.230 e. The van der Waals surface area contributed by atoms with E-state index in [0.717, 1.165) is 10.6 Å². The van der Waals surface area contributed by atoms with E-state index in [0.29, 0.717) is 34.5 Å². The Balaban J connectivity index is 1.35. The number of nitrogens with zero attached hydrogens (tertiary/aromatic N) is 2. The van der Waals surface area contributed by atoms with Crippen LogP contribution in [-0.2, 0) is 11.2 Å². The first-order valence-electron chi connectivity index (χ1n) is 9.90. The summed E-state index contributed by atoms with van der Waals surface area (Å²) in [5, 5.41) is 5.42. The van der Waals surface area contributed by atoms with Gasteiger partial charge in [0, 0.05) is 17.0 Å². The van der Waals surface area contributed by atoms with E-state index in [9.17, 15) is 9.18 Å². The van der Waals surface area contributed by atoms with E-state index in [2.05, 4.69) is 15.3 Å². The number of amides is 1. The molecule has 1 N–H and O–H groups in total. The van der Waals surface area contributed by atoms with Crippen molar-refractivity contribution >= 4 is 22.9 Å². The molecular formula is C24H20FN3O4S. The third-order valence-electron chi connectivity index (χ3n) is 4.58. The molecule has 0 radical (unpaired) electrons. The summed E-state index contributed by atoms with van der Waals surface area (Å²) in [4.78, 5) is 21.2. The maximum absolute atomic E-state index is 13.0. The molecule has 0 fully saturated rings. The van der Waals surface area contributed by atoms with Gasteiger partial charge in [0.2, 0.25) is 11.8 Å². The lowest BCUT2D eigenvalue weighted by atomic mass is 10.2. The molecule has 4 rings (SSSR count). The Morgan fingerprint density at radius 1 is 1.03 bits per heavy atom. The first kappa shape index (κ1) is 22.2. The minimum absolute atomic E-state index is 0.123. The highest BCUT2D eigenvalue weighted by molar-refractivity contribution is 7.13. The van der Waals surface area contributed by atoms with Crippen molar-refractivity contribution in [2.24, 2.45) is 0 Å². The van der Waals surface area contributed by atoms with E-state index >= 15 is 0 Å². The van der Waals surface area contributed by atoms with Gasteiger partial charge in [0.25, 0.3) is 0 Å². The van der Waals surface area contributed by atoms with Crippen molar-refractivity contribution in [2.75, 3.05) is 19.5 Å². The molecule has 7 nitrogen and oxygen atoms in total. The zero-order valence-electron chi connectivity index (χ0n) is 17.9. The van der Waals surface area contributed by atoms with Gasteiger partial charge < -0.3 is 19.5 Å². The third kappa shape index (κ3) is 5.64. The number of ether oxygens (including phenoxy) is 3. The van der Waals surface area contributed by atoms with E-state index < -0.39 is 0 Å². The van der Waals surface area contributed by atoms with Crippen molar-refractivity contribution in [3.8, 4) is 33.7 Å². The quantitative estimate of drug-likeness (QED) is 0.379. The molecule has 0 aliphatic heterocycles. The highest BCUT2D eigenvalue weighted by Gasteiger charge is 2.12. The number of anilines is 1. The van der Waals surface area contributed by atoms with Gasteiger partial charge in [-0.1, -0.05) is 0 Å². The molecule has 0 unspecified atom stereocenters. The number of carbonyl (C=O) groups excluding carboxylic acids is 1. The van der Waals surface area contributed by atoms with Gasteiger partial charge in [-0.15, -0.1) is 11.3 Å². The average Bonchev–Trinajstić information content (AvgIpc) is 3.29. The molecule has 1 amide bonds. The number of benzene rings is 2. The summed E-state index contributed by atoms with van der Waals surface area (Å²) in [6.07, 6.45) is 1.62. The van der Waals surface area contributed by atoms with Crippen LogP contribution < -0.4 is 19.5 Å². The standard InChI is InChI=1S/C24H20FN3O4S/c1-30-20-9-3-15(11-21(20)31-2)24-28-18(14-33-24)12-22(29)27-17-6-10-23(26-13-17)32-19-7-4-16(25)5-8-19/h3-11,13-14H,12H2,1-2H3,(H,27,29). The lowest BCUT2D eigenvalue weighted by molar-refractivity contribution is -0.115. The van der Waals surface area contributed by atoms with Crippen LogP contribution in [0.2, 0.25) is 0 Å². The number of thiazole rings is 1. The minimum atomic E-state index is -0.343. The first-order valence-corrected chi connectivity index (χ1v) is 10.8. The molecule has 0 saturated heterocycles. The minimum Gasteiger partial charge on any atom is -0.493 e. The summed E-state index contributed by atoms with van der Waals surface area (Å²) in [5.74, 6) is 1.50. The van der Waals surface area contributed by atoms with Crippen LogP contribution in [0.15, 0.2) is 66.2 Å². The summed E-state index contributed by atoms with van der Waals surface area (Å²) >= 11 is 1.45. The van der Waals surface area contributed by atoms with Gasteiger partial charge in [0.1, 0.15) is 16.6 Å². The van der Waals surface area contributed by atoms with Crippen molar-refractivity contribution in [1.29, 1.82) is 0 Å². The van der Waals surface area contributed by atoms with E-state index in [1.807, 2.05) is 23.6 Å². The van der Waals surface area contributed by atoms with Gasteiger partial charge in [-0.3, -0.25) is 4.79 Å². The van der Waals surface area contributed by atoms with Gasteiger partial charge >= 0.3 is 0 Å². The van der Waals surface area contributed by atoms with Crippen LogP contribution >= 0.6 is 11.3 Å². The molecule has 0 spiro atoms. The number of rotatable bonds is 8. The van der Waals surface area contributed by atoms with Crippen molar-refractivity contribution < 1.29 is 23.4 Å². The van der Waals surface area contributed by atoms with Gasteiger partial charge in [0.05, 0.1) is 38.2 Å². The fourth-order valence-corrected chi connectivity index (χ4v) is 3.81. The van der Waals surface area contributed by atoms with Crippen LogP contribution in [0.3, 0.4) is 0 Å². The Kier molecular flexibility index (Phi) is 6.80. The number of hydrogen-bond donors (Lipinski definition) is 1. The Bertz CT molecular complexity index is 1240. The predicted octanol–water partition coefficient (Wildman–Crippen LogP) is 5.33. The molecular weight excluding hydrogens is 445 g/mol. The first-order chi connectivity index (χ1) is 16.0. The number of aromatic nitrogens is 2. The van der Waals surface area contributed by atoms with Crippen molar-refractivity contribution in [3.05, 3.63) is 77.7 Å². The van der Waals surface area contributed by atoms with Crippen LogP contribution in [-0.4, -0.2) is 30.1 Å². The monoisotopic (exact) mass is 465 g/mol. The Morgan fingerprint density at radius 2 is 1.82 bits per heavy atom. The van der Waals surface area contributed by atoms with Crippen molar-refractivity contribution in [2.45, 2.75) is 6.42 Å². The van der Waals surface area contributed by atoms with E-state index in [-0.39, 0.29) is 18.1 Å². The number of carbonyl (C=O) groups is 1. The van der Waals surface area contributed by atoms with Crippen molar-refractivity contribution in [3.63, 3.8) is 0 Å². The van der Waals surface area contributed by atoms with Crippen LogP contribution in [0.5, 0.6) is 23.1 Å². The fourth-order valence-electron chi connectivity index (χ4n) is 3.00. The molecule has 0 aliphatic carbocycles. The molecule has 2 aromatic carbocycles. The second-order valence-electron chi connectivity index (χ2n) is 6.88. The van der Waals surface area contributed by atoms with Gasteiger partial charge in [-0.25, -0.2) is 14.4 Å². The van der Waals surface area contributed by atoms with Crippen LogP contribution in [0.4, 0.5) is 10.1 Å². The van der Waals surface area contributed by atoms with Gasteiger partial charge in [-0.2, -0.15) is 0 Å². The highest BCUT2D eigenvalue weighted by Crippen LogP contribution is 2.33. The second-order valence-corrected chi connectivity index (χ2v) is 7.74. The lowest BCUT2D eigenvalue weighted by Crippen LogP contribution is -2.14. The molecule has 4 aromatic rings. The summed E-state index contributed by atoms with van der Waals surface area (Å²) < 4.78 is 29.1. The molecule has 9 heteroatoms. The molecule has 0 aliphatic rings. The number of methoxy groups -OCH3 is 2. The predicted molar refractivity (Wildman–Crippen MR) is 124 cm³/mol. The van der Waals surface area contributed by atoms with E-state index in [1.54, 1.807) is 26.4 Å². The van der Waals surface area contributed by atoms with Crippen LogP contribution in [0.25, 0.3) is 10.6 Å². The summed E-state index contributed by atoms with van der Waals surface area (Å²) in [7, 11) is 3.16. The topological polar surface area (TPSA) is 82.6 Å². The van der Waals surface area contributed by atoms with Crippen molar-refractivity contribution in [1.82, 2.24) is 9.97 Å². The van der Waals surface area contributed by atoms with Crippen LogP contribution in [0, 0.1) is 5.82 Å². The van der Waals surface area contributed by atoms with Gasteiger partial charge in [0.15, 0.2) is 11.5 Å². The molecule has 0 bridgehead atoms. The largest absolute Gasteiger partial charge is 0.493 e. The molecule has 168 valence electrons. The maximum atomic E-state index is 13.0. The summed E-state index contributed by atoms with van der Waals surface area (Å²) in [6.45, 7) is 0. The summed E-state index contributed by atoms with van der Waals surface area (Å²) in [6, 6.07) is 14.5. The third-order valence-corrected chi connectivity index (χ3v) is 5.52. The number of pyridine rings is 1. The fraction of sp³-hybridized carbons (Fsp3) is 0.125. The molecule has 0 saturated carbocycles. The normalized spacial score (nSPS) is 10.5. The molecule has 33 heavy (non-hydrogen) atoms. The summed E-state index contributed by atoms with van der Waals surface area (Å²) in [5.41, 5.74) is 2.07. The van der Waals surface area contributed by atoms with Crippen LogP contribution in [0.1, 0.15) is 5.69 Å². The SMILES string of the molecule is COc1ccc(-c2nc(CC(=O)Nc3ccc(Oc4ccc(F)cc4)nc3)cs2)cc1OC. The molecule has 2 heterocycles. The zero-order valence-corrected chi connectivity index (χ0v) is 18.7. The second kappa shape index (κ2) is 10.1.